The molecule has 84 valence electrons. The molecule has 2 atom stereocenters. The van der Waals surface area contributed by atoms with Gasteiger partial charge in [0.2, 0.25) is 0 Å². The smallest absolute Gasteiger partial charge is 0.122 e. The fraction of sp³-hybridized carbons (Fsp3) is 0.750. The largest absolute Gasteiger partial charge is 0.347 e. The Kier molecular flexibility index (Phi) is 2.83. The number of aromatic nitrogens is 2. The summed E-state index contributed by atoms with van der Waals surface area (Å²) in [4.78, 5) is 7.45. The third kappa shape index (κ3) is 2.23. The second kappa shape index (κ2) is 3.97. The molecular formula is C12H21N3. The number of imidazole rings is 1. The molecular weight excluding hydrogens is 186 g/mol. The minimum absolute atomic E-state index is 0.322. The van der Waals surface area contributed by atoms with Gasteiger partial charge in [-0.3, -0.25) is 0 Å². The highest BCUT2D eigenvalue weighted by Gasteiger charge is 2.35. The molecule has 0 saturated heterocycles. The zero-order chi connectivity index (χ0) is 10.9. The molecule has 0 aliphatic heterocycles. The van der Waals surface area contributed by atoms with E-state index in [1.807, 2.05) is 12.4 Å². The summed E-state index contributed by atoms with van der Waals surface area (Å²) in [6.45, 7) is 6.88. The second-order valence-electron chi connectivity index (χ2n) is 5.30. The van der Waals surface area contributed by atoms with Gasteiger partial charge in [-0.25, -0.2) is 4.98 Å². The summed E-state index contributed by atoms with van der Waals surface area (Å²) < 4.78 is 0. The number of H-pyrrole nitrogens is 1. The second-order valence-corrected chi connectivity index (χ2v) is 5.30. The van der Waals surface area contributed by atoms with Gasteiger partial charge in [0, 0.05) is 18.4 Å². The van der Waals surface area contributed by atoms with Gasteiger partial charge >= 0.3 is 0 Å². The summed E-state index contributed by atoms with van der Waals surface area (Å²) in [5.41, 5.74) is 0.431. The Bertz CT molecular complexity index is 303. The van der Waals surface area contributed by atoms with Gasteiger partial charge in [-0.2, -0.15) is 0 Å². The van der Waals surface area contributed by atoms with E-state index in [1.165, 1.54) is 19.3 Å². The third-order valence-corrected chi connectivity index (χ3v) is 3.64. The van der Waals surface area contributed by atoms with Crippen LogP contribution in [0.1, 0.15) is 51.9 Å². The van der Waals surface area contributed by atoms with E-state index in [2.05, 4.69) is 36.1 Å². The van der Waals surface area contributed by atoms with E-state index >= 15 is 0 Å². The molecule has 1 aromatic rings. The lowest BCUT2D eigenvalue weighted by molar-refractivity contribution is 0.264. The predicted octanol–water partition coefficient (Wildman–Crippen LogP) is 2.64. The van der Waals surface area contributed by atoms with Gasteiger partial charge in [0.1, 0.15) is 5.82 Å². The van der Waals surface area contributed by atoms with Crippen LogP contribution in [0.4, 0.5) is 0 Å². The van der Waals surface area contributed by atoms with Crippen molar-refractivity contribution in [1.82, 2.24) is 15.3 Å². The van der Waals surface area contributed by atoms with E-state index in [0.717, 1.165) is 5.82 Å². The molecule has 1 heterocycles. The molecule has 1 saturated carbocycles. The van der Waals surface area contributed by atoms with E-state index in [4.69, 9.17) is 0 Å². The van der Waals surface area contributed by atoms with Crippen LogP contribution < -0.4 is 5.32 Å². The van der Waals surface area contributed by atoms with Gasteiger partial charge in [0.15, 0.2) is 0 Å². The fourth-order valence-corrected chi connectivity index (χ4v) is 2.53. The Hall–Kier alpha value is -0.830. The van der Waals surface area contributed by atoms with Crippen molar-refractivity contribution < 1.29 is 0 Å². The normalized spacial score (nSPS) is 26.7. The summed E-state index contributed by atoms with van der Waals surface area (Å²) in [7, 11) is 0. The molecule has 3 heteroatoms. The molecule has 1 aromatic heterocycles. The van der Waals surface area contributed by atoms with Gasteiger partial charge in [-0.1, -0.05) is 20.3 Å². The molecule has 1 fully saturated rings. The summed E-state index contributed by atoms with van der Waals surface area (Å²) in [6.07, 6.45) is 7.66. The van der Waals surface area contributed by atoms with Crippen LogP contribution >= 0.6 is 0 Å². The van der Waals surface area contributed by atoms with Crippen LogP contribution in [-0.2, 0) is 0 Å². The number of nitrogens with zero attached hydrogens (tertiary/aromatic N) is 1. The van der Waals surface area contributed by atoms with Gasteiger partial charge in [0.25, 0.3) is 0 Å². The molecule has 3 nitrogen and oxygen atoms in total. The molecule has 1 aliphatic rings. The highest BCUT2D eigenvalue weighted by atomic mass is 15.0. The topological polar surface area (TPSA) is 40.7 Å². The predicted molar refractivity (Wildman–Crippen MR) is 61.6 cm³/mol. The number of rotatable bonds is 3. The van der Waals surface area contributed by atoms with Gasteiger partial charge in [-0.15, -0.1) is 0 Å². The van der Waals surface area contributed by atoms with Gasteiger partial charge < -0.3 is 10.3 Å². The molecule has 15 heavy (non-hydrogen) atoms. The van der Waals surface area contributed by atoms with E-state index in [1.54, 1.807) is 0 Å². The van der Waals surface area contributed by atoms with Crippen molar-refractivity contribution in [1.29, 1.82) is 0 Å². The summed E-state index contributed by atoms with van der Waals surface area (Å²) in [5.74, 6) is 1.04. The van der Waals surface area contributed by atoms with Crippen molar-refractivity contribution in [2.75, 3.05) is 0 Å². The van der Waals surface area contributed by atoms with Crippen LogP contribution in [0.3, 0.4) is 0 Å². The maximum absolute atomic E-state index is 4.29. The maximum atomic E-state index is 4.29. The SMILES string of the molecule is CC(NC1CCCC1(C)C)c1ncc[nH]1. The molecule has 0 bridgehead atoms. The Balaban J connectivity index is 1.97. The minimum Gasteiger partial charge on any atom is -0.347 e. The fourth-order valence-electron chi connectivity index (χ4n) is 2.53. The zero-order valence-electron chi connectivity index (χ0n) is 9.88. The average Bonchev–Trinajstić information content (AvgIpc) is 2.76. The van der Waals surface area contributed by atoms with Crippen LogP contribution in [0.5, 0.6) is 0 Å². The first kappa shape index (κ1) is 10.7. The van der Waals surface area contributed by atoms with Crippen LogP contribution in [0, 0.1) is 5.41 Å². The standard InChI is InChI=1S/C12H21N3/c1-9(11-13-7-8-14-11)15-10-5-4-6-12(10,2)3/h7-10,15H,4-6H2,1-3H3,(H,13,14). The average molecular weight is 207 g/mol. The van der Waals surface area contributed by atoms with Crippen LogP contribution in [0.15, 0.2) is 12.4 Å². The van der Waals surface area contributed by atoms with Crippen LogP contribution in [-0.4, -0.2) is 16.0 Å². The number of hydrogen-bond donors (Lipinski definition) is 2. The van der Waals surface area contributed by atoms with E-state index in [0.29, 0.717) is 17.5 Å². The Labute approximate surface area is 91.7 Å². The van der Waals surface area contributed by atoms with E-state index in [9.17, 15) is 0 Å². The Morgan fingerprint density at radius 3 is 2.93 bits per heavy atom. The number of nitrogens with one attached hydrogen (secondary N) is 2. The summed E-state index contributed by atoms with van der Waals surface area (Å²) in [5, 5.41) is 3.68. The molecule has 2 N–H and O–H groups in total. The zero-order valence-corrected chi connectivity index (χ0v) is 9.88. The first-order valence-corrected chi connectivity index (χ1v) is 5.85. The molecule has 0 radical (unpaired) electrons. The van der Waals surface area contributed by atoms with Crippen LogP contribution in [0.2, 0.25) is 0 Å². The third-order valence-electron chi connectivity index (χ3n) is 3.64. The van der Waals surface area contributed by atoms with Crippen molar-refractivity contribution in [3.8, 4) is 0 Å². The van der Waals surface area contributed by atoms with Crippen molar-refractivity contribution in [2.24, 2.45) is 5.41 Å². The van der Waals surface area contributed by atoms with E-state index < -0.39 is 0 Å². The Morgan fingerprint density at radius 1 is 1.60 bits per heavy atom. The van der Waals surface area contributed by atoms with Crippen molar-refractivity contribution >= 4 is 0 Å². The van der Waals surface area contributed by atoms with Crippen molar-refractivity contribution in [3.05, 3.63) is 18.2 Å². The van der Waals surface area contributed by atoms with Crippen molar-refractivity contribution in [3.63, 3.8) is 0 Å². The van der Waals surface area contributed by atoms with Crippen molar-refractivity contribution in [2.45, 2.75) is 52.1 Å². The van der Waals surface area contributed by atoms with Gasteiger partial charge in [-0.05, 0) is 25.2 Å². The number of aromatic amines is 1. The lowest BCUT2D eigenvalue weighted by atomic mass is 9.87. The monoisotopic (exact) mass is 207 g/mol. The first-order chi connectivity index (χ1) is 7.09. The highest BCUT2D eigenvalue weighted by molar-refractivity contribution is 4.98. The molecule has 2 unspecified atom stereocenters. The molecule has 0 amide bonds. The summed E-state index contributed by atoms with van der Waals surface area (Å²) >= 11 is 0. The first-order valence-electron chi connectivity index (χ1n) is 5.85. The van der Waals surface area contributed by atoms with Gasteiger partial charge in [0.05, 0.1) is 6.04 Å². The number of hydrogen-bond acceptors (Lipinski definition) is 2. The van der Waals surface area contributed by atoms with E-state index in [-0.39, 0.29) is 0 Å². The molecule has 2 rings (SSSR count). The Morgan fingerprint density at radius 2 is 2.40 bits per heavy atom. The lowest BCUT2D eigenvalue weighted by Crippen LogP contribution is -2.39. The maximum Gasteiger partial charge on any atom is 0.122 e. The van der Waals surface area contributed by atoms with Crippen LogP contribution in [0.25, 0.3) is 0 Å². The molecule has 0 aromatic carbocycles. The lowest BCUT2D eigenvalue weighted by Gasteiger charge is -2.30. The quantitative estimate of drug-likeness (QED) is 0.800. The minimum atomic E-state index is 0.322. The highest BCUT2D eigenvalue weighted by Crippen LogP contribution is 2.38. The molecule has 1 aliphatic carbocycles. The summed E-state index contributed by atoms with van der Waals surface area (Å²) in [6, 6.07) is 0.944. The molecule has 0 spiro atoms.